The van der Waals surface area contributed by atoms with Crippen molar-refractivity contribution >= 4 is 11.9 Å². The van der Waals surface area contributed by atoms with Crippen LogP contribution in [0.25, 0.3) is 0 Å². The maximum absolute atomic E-state index is 13.2. The van der Waals surface area contributed by atoms with E-state index >= 15 is 0 Å². The zero-order chi connectivity index (χ0) is 44.5. The molecule has 0 aliphatic carbocycles. The first-order valence-corrected chi connectivity index (χ1v) is 26.1. The van der Waals surface area contributed by atoms with Gasteiger partial charge in [0.25, 0.3) is 0 Å². The Morgan fingerprint density at radius 1 is 0.492 bits per heavy atom. The van der Waals surface area contributed by atoms with Gasteiger partial charge in [-0.05, 0) is 64.2 Å². The lowest BCUT2D eigenvalue weighted by Crippen LogP contribution is -2.46. The van der Waals surface area contributed by atoms with Crippen molar-refractivity contribution in [3.63, 3.8) is 0 Å². The molecular weight excluding hydrogens is 755 g/mol. The monoisotopic (exact) mass is 854 g/mol. The van der Waals surface area contributed by atoms with Crippen LogP contribution in [0.5, 0.6) is 0 Å². The minimum Gasteiger partial charge on any atom is -0.462 e. The average molecular weight is 854 g/mol. The summed E-state index contributed by atoms with van der Waals surface area (Å²) < 4.78 is 5.90. The van der Waals surface area contributed by atoms with Crippen molar-refractivity contribution in [2.75, 3.05) is 6.61 Å². The Hall–Kier alpha value is -2.44. The summed E-state index contributed by atoms with van der Waals surface area (Å²) in [6.45, 7) is 6.33. The molecule has 0 aromatic rings. The number of nitrogens with one attached hydrogen (secondary N) is 1. The first-order valence-electron chi connectivity index (χ1n) is 26.1. The highest BCUT2D eigenvalue weighted by atomic mass is 16.5. The molecule has 0 bridgehead atoms. The van der Waals surface area contributed by atoms with Gasteiger partial charge in [-0.15, -0.1) is 0 Å². The van der Waals surface area contributed by atoms with E-state index in [1.165, 1.54) is 122 Å². The van der Waals surface area contributed by atoms with Gasteiger partial charge in [-0.3, -0.25) is 9.59 Å². The number of aliphatic hydroxyl groups is 2. The van der Waals surface area contributed by atoms with Gasteiger partial charge >= 0.3 is 5.97 Å². The van der Waals surface area contributed by atoms with Gasteiger partial charge in [-0.2, -0.15) is 0 Å². The van der Waals surface area contributed by atoms with E-state index in [9.17, 15) is 19.8 Å². The number of unbranched alkanes of at least 4 members (excludes halogenated alkanes) is 27. The number of amides is 1. The van der Waals surface area contributed by atoms with Crippen molar-refractivity contribution in [3.05, 3.63) is 60.8 Å². The lowest BCUT2D eigenvalue weighted by atomic mass is 10.0. The van der Waals surface area contributed by atoms with Crippen LogP contribution in [0.3, 0.4) is 0 Å². The smallest absolute Gasteiger partial charge is 0.306 e. The van der Waals surface area contributed by atoms with Gasteiger partial charge in [0.05, 0.1) is 25.2 Å². The molecule has 0 fully saturated rings. The van der Waals surface area contributed by atoms with Crippen LogP contribution in [0.15, 0.2) is 60.8 Å². The third-order valence-electron chi connectivity index (χ3n) is 11.7. The van der Waals surface area contributed by atoms with Crippen molar-refractivity contribution in [2.45, 2.75) is 270 Å². The molecule has 3 atom stereocenters. The van der Waals surface area contributed by atoms with Gasteiger partial charge in [0.1, 0.15) is 6.10 Å². The summed E-state index contributed by atoms with van der Waals surface area (Å²) in [5, 5.41) is 23.8. The van der Waals surface area contributed by atoms with Gasteiger partial charge < -0.3 is 20.3 Å². The van der Waals surface area contributed by atoms with Gasteiger partial charge in [-0.25, -0.2) is 0 Å². The topological polar surface area (TPSA) is 95.9 Å². The third-order valence-corrected chi connectivity index (χ3v) is 11.7. The molecule has 354 valence electrons. The number of allylic oxidation sites excluding steroid dienone is 10. The summed E-state index contributed by atoms with van der Waals surface area (Å²) in [5.74, 6) is -0.528. The predicted molar refractivity (Wildman–Crippen MR) is 264 cm³/mol. The molecular formula is C55H99NO5. The SMILES string of the molecule is CC/C=C/C=C/C=C/C=C\CCCCCCCC(=O)OC(CCC/C=C\CCCCCCCC)CC(=O)NC(CO)C(O)CCCCCCCCCCCCCCCCCC. The lowest BCUT2D eigenvalue weighted by molar-refractivity contribution is -0.151. The van der Waals surface area contributed by atoms with Crippen LogP contribution in [0.4, 0.5) is 0 Å². The van der Waals surface area contributed by atoms with Gasteiger partial charge in [-0.1, -0.05) is 236 Å². The molecule has 3 N–H and O–H groups in total. The molecule has 0 aromatic heterocycles. The standard InChI is InChI=1S/C55H99NO5/c1-4-7-10-13-16-19-22-24-26-28-29-32-35-38-41-44-47-53(58)52(50-57)56-54(59)49-51(46-43-40-37-34-31-21-18-15-12-9-6-3)61-55(60)48-45-42-39-36-33-30-27-25-23-20-17-14-11-8-5-2/h8,11,14,17,20,23,25,27,34,37,51-53,57-58H,4-7,9-10,12-13,15-16,18-19,21-22,24,26,28-33,35-36,38-50H2,1-3H3,(H,56,59)/b11-8+,17-14+,23-20+,27-25-,37-34-. The van der Waals surface area contributed by atoms with Crippen LogP contribution < -0.4 is 5.32 Å². The van der Waals surface area contributed by atoms with Crippen molar-refractivity contribution in [1.29, 1.82) is 0 Å². The highest BCUT2D eigenvalue weighted by Gasteiger charge is 2.24. The fourth-order valence-corrected chi connectivity index (χ4v) is 7.74. The number of carbonyl (C=O) groups excluding carboxylic acids is 2. The Kier molecular flexibility index (Phi) is 46.6. The third kappa shape index (κ3) is 44.0. The molecule has 61 heavy (non-hydrogen) atoms. The molecule has 0 spiro atoms. The summed E-state index contributed by atoms with van der Waals surface area (Å²) in [7, 11) is 0. The number of carbonyl (C=O) groups is 2. The molecule has 0 aromatic carbocycles. The number of ether oxygens (including phenoxy) is 1. The Labute approximate surface area is 378 Å². The van der Waals surface area contributed by atoms with Crippen molar-refractivity contribution in [1.82, 2.24) is 5.32 Å². The molecule has 0 radical (unpaired) electrons. The molecule has 3 unspecified atom stereocenters. The highest BCUT2D eigenvalue weighted by molar-refractivity contribution is 5.77. The van der Waals surface area contributed by atoms with E-state index in [2.05, 4.69) is 68.6 Å². The fraction of sp³-hybridized carbons (Fsp3) is 0.782. The summed E-state index contributed by atoms with van der Waals surface area (Å²) in [5.41, 5.74) is 0. The maximum Gasteiger partial charge on any atom is 0.306 e. The Morgan fingerprint density at radius 3 is 1.43 bits per heavy atom. The minimum atomic E-state index is -0.799. The molecule has 6 nitrogen and oxygen atoms in total. The quantitative estimate of drug-likeness (QED) is 0.0245. The normalized spacial score (nSPS) is 13.7. The van der Waals surface area contributed by atoms with E-state index < -0.39 is 18.2 Å². The molecule has 0 heterocycles. The molecule has 0 aliphatic rings. The largest absolute Gasteiger partial charge is 0.462 e. The zero-order valence-electron chi connectivity index (χ0n) is 40.3. The summed E-state index contributed by atoms with van der Waals surface area (Å²) >= 11 is 0. The second-order valence-corrected chi connectivity index (χ2v) is 17.6. The number of hydrogen-bond donors (Lipinski definition) is 3. The molecule has 0 saturated carbocycles. The van der Waals surface area contributed by atoms with E-state index in [0.717, 1.165) is 83.5 Å². The Bertz CT molecular complexity index is 1090. The number of rotatable bonds is 46. The van der Waals surface area contributed by atoms with Crippen molar-refractivity contribution in [2.24, 2.45) is 0 Å². The number of aliphatic hydroxyl groups excluding tert-OH is 2. The van der Waals surface area contributed by atoms with E-state index in [1.807, 2.05) is 18.2 Å². The van der Waals surface area contributed by atoms with Crippen LogP contribution >= 0.6 is 0 Å². The second kappa shape index (κ2) is 48.6. The maximum atomic E-state index is 13.2. The average Bonchev–Trinajstić information content (AvgIpc) is 3.25. The highest BCUT2D eigenvalue weighted by Crippen LogP contribution is 2.17. The van der Waals surface area contributed by atoms with Gasteiger partial charge in [0, 0.05) is 6.42 Å². The van der Waals surface area contributed by atoms with E-state index in [1.54, 1.807) is 0 Å². The minimum absolute atomic E-state index is 0.0460. The van der Waals surface area contributed by atoms with Crippen LogP contribution in [0.2, 0.25) is 0 Å². The Morgan fingerprint density at radius 2 is 0.918 bits per heavy atom. The predicted octanol–water partition coefficient (Wildman–Crippen LogP) is 15.6. The van der Waals surface area contributed by atoms with Gasteiger partial charge in [0.15, 0.2) is 0 Å². The molecule has 6 heteroatoms. The summed E-state index contributed by atoms with van der Waals surface area (Å²) in [4.78, 5) is 26.1. The lowest BCUT2D eigenvalue weighted by Gasteiger charge is -2.24. The summed E-state index contributed by atoms with van der Waals surface area (Å²) in [6, 6.07) is -0.716. The van der Waals surface area contributed by atoms with Crippen LogP contribution in [-0.4, -0.2) is 46.9 Å². The Balaban J connectivity index is 4.56. The molecule has 0 rings (SSSR count). The van der Waals surface area contributed by atoms with Crippen molar-refractivity contribution < 1.29 is 24.5 Å². The summed E-state index contributed by atoms with van der Waals surface area (Å²) in [6.07, 6.45) is 60.0. The molecule has 1 amide bonds. The van der Waals surface area contributed by atoms with Crippen LogP contribution in [-0.2, 0) is 14.3 Å². The van der Waals surface area contributed by atoms with E-state index in [-0.39, 0.29) is 24.9 Å². The zero-order valence-corrected chi connectivity index (χ0v) is 40.3. The van der Waals surface area contributed by atoms with Crippen molar-refractivity contribution in [3.8, 4) is 0 Å². The fourth-order valence-electron chi connectivity index (χ4n) is 7.74. The number of hydrogen-bond acceptors (Lipinski definition) is 5. The van der Waals surface area contributed by atoms with Crippen LogP contribution in [0.1, 0.15) is 252 Å². The second-order valence-electron chi connectivity index (χ2n) is 17.6. The van der Waals surface area contributed by atoms with E-state index in [0.29, 0.717) is 19.3 Å². The molecule has 0 aliphatic heterocycles. The van der Waals surface area contributed by atoms with Crippen LogP contribution in [0, 0.1) is 0 Å². The van der Waals surface area contributed by atoms with Gasteiger partial charge in [0.2, 0.25) is 5.91 Å². The molecule has 0 saturated heterocycles. The van der Waals surface area contributed by atoms with E-state index in [4.69, 9.17) is 4.74 Å². The number of esters is 1. The first-order chi connectivity index (χ1) is 30.0. The first kappa shape index (κ1) is 58.6.